The van der Waals surface area contributed by atoms with Crippen LogP contribution >= 0.6 is 11.3 Å². The van der Waals surface area contributed by atoms with Crippen LogP contribution in [0.3, 0.4) is 0 Å². The molecule has 0 aliphatic carbocycles. The van der Waals surface area contributed by atoms with Gasteiger partial charge in [0.1, 0.15) is 5.75 Å². The van der Waals surface area contributed by atoms with E-state index in [0.717, 1.165) is 58.2 Å². The van der Waals surface area contributed by atoms with Gasteiger partial charge in [0.05, 0.1) is 22.9 Å². The molecule has 6 nitrogen and oxygen atoms in total. The van der Waals surface area contributed by atoms with Crippen molar-refractivity contribution >= 4 is 38.3 Å². The quantitative estimate of drug-likeness (QED) is 0.711. The molecule has 1 amide bonds. The number of aromatic nitrogens is 1. The molecule has 1 saturated heterocycles. The first-order valence-electron chi connectivity index (χ1n) is 9.56. The molecule has 7 heteroatoms. The number of benzene rings is 2. The molecular formula is C21H21N3O3S. The van der Waals surface area contributed by atoms with Crippen molar-refractivity contribution in [3.63, 3.8) is 0 Å². The molecule has 0 spiro atoms. The smallest absolute Gasteiger partial charge is 0.255 e. The summed E-state index contributed by atoms with van der Waals surface area (Å²) >= 11 is 1.62. The summed E-state index contributed by atoms with van der Waals surface area (Å²) in [6.07, 6.45) is 2.39. The molecule has 0 unspecified atom stereocenters. The van der Waals surface area contributed by atoms with Gasteiger partial charge in [0.25, 0.3) is 5.91 Å². The van der Waals surface area contributed by atoms with Gasteiger partial charge in [-0.3, -0.25) is 4.79 Å². The lowest BCUT2D eigenvalue weighted by molar-refractivity contribution is 0.102. The summed E-state index contributed by atoms with van der Waals surface area (Å²) in [7, 11) is 0. The lowest BCUT2D eigenvalue weighted by Gasteiger charge is -2.29. The van der Waals surface area contributed by atoms with Crippen LogP contribution in [0, 0.1) is 0 Å². The number of ether oxygens (including phenoxy) is 1. The van der Waals surface area contributed by atoms with E-state index in [4.69, 9.17) is 9.72 Å². The first-order chi connectivity index (χ1) is 13.7. The standard InChI is InChI=1S/C21H21N3O3S/c25-16-2-1-8-24(12-16)21-23-17-11-15(4-6-19(17)28-21)22-20(26)14-3-5-18-13(10-14)7-9-27-18/h3-6,10-11,16,25H,1-2,7-9,12H2,(H,22,26)/t16-/m1/s1. The molecule has 2 aliphatic heterocycles. The summed E-state index contributed by atoms with van der Waals surface area (Å²) in [4.78, 5) is 19.5. The van der Waals surface area contributed by atoms with Gasteiger partial charge < -0.3 is 20.1 Å². The topological polar surface area (TPSA) is 74.7 Å². The number of β-amino-alcohol motifs (C(OH)–C–C–N with tert-alkyl or cyclic N) is 1. The molecule has 5 rings (SSSR count). The Morgan fingerprint density at radius 1 is 1.29 bits per heavy atom. The molecule has 1 fully saturated rings. The zero-order chi connectivity index (χ0) is 19.1. The second kappa shape index (κ2) is 7.07. The minimum Gasteiger partial charge on any atom is -0.493 e. The minimum atomic E-state index is -0.284. The largest absolute Gasteiger partial charge is 0.493 e. The SMILES string of the molecule is O=C(Nc1ccc2sc(N3CCC[C@@H](O)C3)nc2c1)c1ccc2c(c1)CCO2. The highest BCUT2D eigenvalue weighted by Gasteiger charge is 2.21. The highest BCUT2D eigenvalue weighted by molar-refractivity contribution is 7.22. The van der Waals surface area contributed by atoms with Crippen LogP contribution in [0.25, 0.3) is 10.2 Å². The number of hydrogen-bond donors (Lipinski definition) is 2. The number of carbonyl (C=O) groups excluding carboxylic acids is 1. The molecule has 3 aromatic rings. The van der Waals surface area contributed by atoms with Crippen molar-refractivity contribution in [2.24, 2.45) is 0 Å². The van der Waals surface area contributed by atoms with E-state index < -0.39 is 0 Å². The van der Waals surface area contributed by atoms with Crippen LogP contribution in [-0.4, -0.2) is 41.8 Å². The van der Waals surface area contributed by atoms with Crippen LogP contribution in [0.15, 0.2) is 36.4 Å². The van der Waals surface area contributed by atoms with E-state index in [1.165, 1.54) is 0 Å². The number of nitrogens with zero attached hydrogens (tertiary/aromatic N) is 2. The average Bonchev–Trinajstić information content (AvgIpc) is 3.33. The van der Waals surface area contributed by atoms with Gasteiger partial charge in [-0.15, -0.1) is 0 Å². The summed E-state index contributed by atoms with van der Waals surface area (Å²) < 4.78 is 6.57. The molecule has 1 atom stereocenters. The fourth-order valence-electron chi connectivity index (χ4n) is 3.79. The number of amides is 1. The lowest BCUT2D eigenvalue weighted by atomic mass is 10.1. The predicted octanol–water partition coefficient (Wildman–Crippen LogP) is 3.44. The molecule has 0 bridgehead atoms. The van der Waals surface area contributed by atoms with Crippen molar-refractivity contribution in [1.29, 1.82) is 0 Å². The monoisotopic (exact) mass is 395 g/mol. The third-order valence-corrected chi connectivity index (χ3v) is 6.35. The fourth-order valence-corrected chi connectivity index (χ4v) is 4.77. The van der Waals surface area contributed by atoms with Gasteiger partial charge in [-0.25, -0.2) is 4.98 Å². The minimum absolute atomic E-state index is 0.136. The molecule has 1 aromatic heterocycles. The predicted molar refractivity (Wildman–Crippen MR) is 111 cm³/mol. The maximum absolute atomic E-state index is 12.6. The van der Waals surface area contributed by atoms with Crippen molar-refractivity contribution in [1.82, 2.24) is 4.98 Å². The van der Waals surface area contributed by atoms with Gasteiger partial charge in [-0.05, 0) is 54.8 Å². The highest BCUT2D eigenvalue weighted by Crippen LogP contribution is 2.32. The molecule has 2 aromatic carbocycles. The van der Waals surface area contributed by atoms with Gasteiger partial charge in [0.15, 0.2) is 5.13 Å². The van der Waals surface area contributed by atoms with E-state index in [2.05, 4.69) is 10.2 Å². The zero-order valence-corrected chi connectivity index (χ0v) is 16.2. The summed E-state index contributed by atoms with van der Waals surface area (Å²) in [5, 5.41) is 13.8. The Morgan fingerprint density at radius 3 is 3.11 bits per heavy atom. The van der Waals surface area contributed by atoms with E-state index >= 15 is 0 Å². The first-order valence-corrected chi connectivity index (χ1v) is 10.4. The van der Waals surface area contributed by atoms with Crippen molar-refractivity contribution in [3.8, 4) is 5.75 Å². The maximum atomic E-state index is 12.6. The number of hydrogen-bond acceptors (Lipinski definition) is 6. The second-order valence-electron chi connectivity index (χ2n) is 7.30. The third-order valence-electron chi connectivity index (χ3n) is 5.25. The number of aliphatic hydroxyl groups excluding tert-OH is 1. The molecule has 2 N–H and O–H groups in total. The molecule has 144 valence electrons. The summed E-state index contributed by atoms with van der Waals surface area (Å²) in [5.41, 5.74) is 3.30. The number of carbonyl (C=O) groups is 1. The first kappa shape index (κ1) is 17.5. The van der Waals surface area contributed by atoms with E-state index in [-0.39, 0.29) is 12.0 Å². The normalized spacial score (nSPS) is 18.8. The van der Waals surface area contributed by atoms with Crippen molar-refractivity contribution in [2.45, 2.75) is 25.4 Å². The number of nitrogens with one attached hydrogen (secondary N) is 1. The van der Waals surface area contributed by atoms with Gasteiger partial charge in [0, 0.05) is 30.8 Å². The van der Waals surface area contributed by atoms with Crippen LogP contribution < -0.4 is 15.0 Å². The molecule has 3 heterocycles. The summed E-state index contributed by atoms with van der Waals surface area (Å²) in [6, 6.07) is 11.4. The number of rotatable bonds is 3. The molecular weight excluding hydrogens is 374 g/mol. The van der Waals surface area contributed by atoms with E-state index in [0.29, 0.717) is 18.7 Å². The molecule has 2 aliphatic rings. The Morgan fingerprint density at radius 2 is 2.21 bits per heavy atom. The van der Waals surface area contributed by atoms with Crippen LogP contribution in [0.2, 0.25) is 0 Å². The van der Waals surface area contributed by atoms with E-state index in [9.17, 15) is 9.90 Å². The number of anilines is 2. The van der Waals surface area contributed by atoms with Gasteiger partial charge in [-0.1, -0.05) is 11.3 Å². The number of aliphatic hydroxyl groups is 1. The van der Waals surface area contributed by atoms with Gasteiger partial charge in [-0.2, -0.15) is 0 Å². The van der Waals surface area contributed by atoms with Crippen molar-refractivity contribution in [3.05, 3.63) is 47.5 Å². The van der Waals surface area contributed by atoms with Crippen LogP contribution in [0.1, 0.15) is 28.8 Å². The van der Waals surface area contributed by atoms with Crippen molar-refractivity contribution < 1.29 is 14.6 Å². The number of fused-ring (bicyclic) bond motifs is 2. The van der Waals surface area contributed by atoms with Crippen molar-refractivity contribution in [2.75, 3.05) is 29.9 Å². The summed E-state index contributed by atoms with van der Waals surface area (Å²) in [6.45, 7) is 2.23. The summed E-state index contributed by atoms with van der Waals surface area (Å²) in [5.74, 6) is 0.736. The molecule has 28 heavy (non-hydrogen) atoms. The maximum Gasteiger partial charge on any atom is 0.255 e. The van der Waals surface area contributed by atoms with Crippen LogP contribution in [0.5, 0.6) is 5.75 Å². The second-order valence-corrected chi connectivity index (χ2v) is 8.31. The highest BCUT2D eigenvalue weighted by atomic mass is 32.1. The van der Waals surface area contributed by atoms with Crippen LogP contribution in [-0.2, 0) is 6.42 Å². The van der Waals surface area contributed by atoms with E-state index in [1.807, 2.05) is 30.3 Å². The number of piperidine rings is 1. The molecule has 0 radical (unpaired) electrons. The Balaban J connectivity index is 1.35. The van der Waals surface area contributed by atoms with E-state index in [1.54, 1.807) is 17.4 Å². The average molecular weight is 395 g/mol. The molecule has 0 saturated carbocycles. The Labute approximate surface area is 166 Å². The Hall–Kier alpha value is -2.64. The Bertz CT molecular complexity index is 1050. The zero-order valence-electron chi connectivity index (χ0n) is 15.4. The van der Waals surface area contributed by atoms with Gasteiger partial charge >= 0.3 is 0 Å². The fraction of sp³-hybridized carbons (Fsp3) is 0.333. The Kier molecular flexibility index (Phi) is 4.41. The van der Waals surface area contributed by atoms with Gasteiger partial charge in [0.2, 0.25) is 0 Å². The van der Waals surface area contributed by atoms with Crippen LogP contribution in [0.4, 0.5) is 10.8 Å². The number of thiazole rings is 1. The third kappa shape index (κ3) is 3.31. The lowest BCUT2D eigenvalue weighted by Crippen LogP contribution is -2.38.